The third-order valence-electron chi connectivity index (χ3n) is 3.67. The summed E-state index contributed by atoms with van der Waals surface area (Å²) in [5, 5.41) is 9.29. The monoisotopic (exact) mass is 304 g/mol. The number of hydrogen-bond donors (Lipinski definition) is 0. The fourth-order valence-corrected chi connectivity index (χ4v) is 2.81. The number of halogens is 1. The minimum absolute atomic E-state index is 0.0693. The molecule has 0 amide bonds. The van der Waals surface area contributed by atoms with Gasteiger partial charge < -0.3 is 0 Å². The van der Waals surface area contributed by atoms with Crippen LogP contribution in [0.3, 0.4) is 0 Å². The molecule has 2 heterocycles. The highest BCUT2D eigenvalue weighted by molar-refractivity contribution is 6.17. The minimum atomic E-state index is -0.0693. The number of hydrogen-bond acceptors (Lipinski definition) is 3. The van der Waals surface area contributed by atoms with E-state index in [2.05, 4.69) is 10.2 Å². The number of para-hydroxylation sites is 1. The zero-order chi connectivity index (χ0) is 14.8. The van der Waals surface area contributed by atoms with Crippen molar-refractivity contribution in [1.82, 2.24) is 19.2 Å². The molecular formula is C15H17ClN4O. The van der Waals surface area contributed by atoms with Crippen molar-refractivity contribution in [2.24, 2.45) is 0 Å². The molecular weight excluding hydrogens is 288 g/mol. The number of aryl methyl sites for hydroxylation is 2. The lowest BCUT2D eigenvalue weighted by molar-refractivity contribution is 0.612. The van der Waals surface area contributed by atoms with E-state index in [-0.39, 0.29) is 5.69 Å². The third kappa shape index (κ3) is 2.31. The van der Waals surface area contributed by atoms with Crippen molar-refractivity contribution in [3.05, 3.63) is 40.6 Å². The van der Waals surface area contributed by atoms with Crippen LogP contribution in [-0.2, 0) is 13.0 Å². The second kappa shape index (κ2) is 5.85. The quantitative estimate of drug-likeness (QED) is 0.538. The van der Waals surface area contributed by atoms with E-state index in [1.165, 1.54) is 0 Å². The maximum absolute atomic E-state index is 12.8. The molecule has 1 aromatic carbocycles. The maximum atomic E-state index is 12.8. The highest BCUT2D eigenvalue weighted by Gasteiger charge is 2.14. The Labute approximate surface area is 127 Å². The normalized spacial score (nSPS) is 11.5. The number of rotatable bonds is 5. The molecule has 0 atom stereocenters. The molecule has 3 aromatic rings. The van der Waals surface area contributed by atoms with Crippen molar-refractivity contribution in [2.45, 2.75) is 32.7 Å². The first-order valence-corrected chi connectivity index (χ1v) is 7.73. The summed E-state index contributed by atoms with van der Waals surface area (Å²) in [7, 11) is 0. The molecule has 0 saturated heterocycles. The van der Waals surface area contributed by atoms with Crippen LogP contribution in [0.4, 0.5) is 0 Å². The molecule has 21 heavy (non-hydrogen) atoms. The van der Waals surface area contributed by atoms with Gasteiger partial charge >= 0.3 is 5.69 Å². The van der Waals surface area contributed by atoms with Crippen LogP contribution in [0.2, 0.25) is 0 Å². The summed E-state index contributed by atoms with van der Waals surface area (Å²) in [5.74, 6) is 1.31. The van der Waals surface area contributed by atoms with E-state index in [0.717, 1.165) is 23.7 Å². The van der Waals surface area contributed by atoms with Gasteiger partial charge in [0.1, 0.15) is 5.82 Å². The van der Waals surface area contributed by atoms with Crippen LogP contribution in [-0.4, -0.2) is 25.0 Å². The van der Waals surface area contributed by atoms with Gasteiger partial charge in [-0.3, -0.25) is 4.57 Å². The smallest absolute Gasteiger partial charge is 0.293 e. The SMILES string of the molecule is CCc1nnc2c3ccccc3n(CCCCCl)c(=O)n12. The van der Waals surface area contributed by atoms with Gasteiger partial charge in [0.15, 0.2) is 5.65 Å². The molecule has 0 aliphatic carbocycles. The van der Waals surface area contributed by atoms with Crippen LogP contribution in [0.15, 0.2) is 29.1 Å². The third-order valence-corrected chi connectivity index (χ3v) is 3.94. The van der Waals surface area contributed by atoms with Crippen LogP contribution in [0, 0.1) is 0 Å². The van der Waals surface area contributed by atoms with E-state index < -0.39 is 0 Å². The van der Waals surface area contributed by atoms with E-state index in [1.807, 2.05) is 31.2 Å². The van der Waals surface area contributed by atoms with Gasteiger partial charge in [-0.05, 0) is 25.0 Å². The molecule has 0 spiro atoms. The fraction of sp³-hybridized carbons (Fsp3) is 0.400. The molecule has 0 aliphatic heterocycles. The summed E-state index contributed by atoms with van der Waals surface area (Å²) < 4.78 is 3.43. The molecule has 0 fully saturated rings. The van der Waals surface area contributed by atoms with E-state index in [4.69, 9.17) is 11.6 Å². The first-order chi connectivity index (χ1) is 10.3. The average Bonchev–Trinajstić information content (AvgIpc) is 2.95. The number of aromatic nitrogens is 4. The molecule has 5 nitrogen and oxygen atoms in total. The topological polar surface area (TPSA) is 52.2 Å². The lowest BCUT2D eigenvalue weighted by Gasteiger charge is -2.11. The largest absolute Gasteiger partial charge is 0.335 e. The molecule has 0 saturated carbocycles. The van der Waals surface area contributed by atoms with Gasteiger partial charge in [-0.1, -0.05) is 19.1 Å². The molecule has 0 aliphatic rings. The molecule has 2 aromatic heterocycles. The van der Waals surface area contributed by atoms with Crippen LogP contribution >= 0.6 is 11.6 Å². The van der Waals surface area contributed by atoms with Crippen LogP contribution in [0.1, 0.15) is 25.6 Å². The molecule has 3 rings (SSSR count). The Morgan fingerprint density at radius 1 is 1.19 bits per heavy atom. The van der Waals surface area contributed by atoms with Gasteiger partial charge in [0.2, 0.25) is 0 Å². The summed E-state index contributed by atoms with van der Waals surface area (Å²) in [6.45, 7) is 2.63. The van der Waals surface area contributed by atoms with Gasteiger partial charge in [0.05, 0.1) is 5.52 Å². The van der Waals surface area contributed by atoms with Crippen molar-refractivity contribution in [3.63, 3.8) is 0 Å². The molecule has 0 unspecified atom stereocenters. The predicted octanol–water partition coefficient (Wildman–Crippen LogP) is 2.63. The Morgan fingerprint density at radius 2 is 2.00 bits per heavy atom. The van der Waals surface area contributed by atoms with Gasteiger partial charge in [-0.25, -0.2) is 9.20 Å². The van der Waals surface area contributed by atoms with E-state index >= 15 is 0 Å². The first kappa shape index (κ1) is 14.1. The molecule has 0 bridgehead atoms. The maximum Gasteiger partial charge on any atom is 0.335 e. The number of alkyl halides is 1. The Kier molecular flexibility index (Phi) is 3.92. The van der Waals surface area contributed by atoms with E-state index in [1.54, 1.807) is 8.97 Å². The molecule has 0 radical (unpaired) electrons. The Bertz CT molecular complexity index is 837. The lowest BCUT2D eigenvalue weighted by Crippen LogP contribution is -2.28. The zero-order valence-corrected chi connectivity index (χ0v) is 12.7. The number of benzene rings is 1. The van der Waals surface area contributed by atoms with Crippen molar-refractivity contribution < 1.29 is 0 Å². The van der Waals surface area contributed by atoms with Crippen molar-refractivity contribution in [3.8, 4) is 0 Å². The second-order valence-electron chi connectivity index (χ2n) is 4.98. The van der Waals surface area contributed by atoms with Crippen LogP contribution in [0.5, 0.6) is 0 Å². The van der Waals surface area contributed by atoms with Gasteiger partial charge in [0, 0.05) is 24.2 Å². The number of fused-ring (bicyclic) bond motifs is 3. The van der Waals surface area contributed by atoms with Gasteiger partial charge in [-0.2, -0.15) is 0 Å². The van der Waals surface area contributed by atoms with Crippen molar-refractivity contribution >= 4 is 28.2 Å². The Balaban J connectivity index is 2.31. The molecule has 6 heteroatoms. The van der Waals surface area contributed by atoms with Gasteiger partial charge in [-0.15, -0.1) is 21.8 Å². The summed E-state index contributed by atoms with van der Waals surface area (Å²) in [4.78, 5) is 12.8. The highest BCUT2D eigenvalue weighted by atomic mass is 35.5. The summed E-state index contributed by atoms with van der Waals surface area (Å²) >= 11 is 5.74. The van der Waals surface area contributed by atoms with Crippen LogP contribution < -0.4 is 5.69 Å². The molecule has 0 N–H and O–H groups in total. The predicted molar refractivity (Wildman–Crippen MR) is 84.1 cm³/mol. The number of nitrogens with zero attached hydrogens (tertiary/aromatic N) is 4. The Morgan fingerprint density at radius 3 is 2.76 bits per heavy atom. The summed E-state index contributed by atoms with van der Waals surface area (Å²) in [5.41, 5.74) is 1.47. The van der Waals surface area contributed by atoms with E-state index in [9.17, 15) is 4.79 Å². The lowest BCUT2D eigenvalue weighted by atomic mass is 10.2. The van der Waals surface area contributed by atoms with Crippen LogP contribution in [0.25, 0.3) is 16.6 Å². The minimum Gasteiger partial charge on any atom is -0.293 e. The van der Waals surface area contributed by atoms with Gasteiger partial charge in [0.25, 0.3) is 0 Å². The first-order valence-electron chi connectivity index (χ1n) is 7.19. The molecule has 110 valence electrons. The highest BCUT2D eigenvalue weighted by Crippen LogP contribution is 2.18. The van der Waals surface area contributed by atoms with Crippen molar-refractivity contribution in [2.75, 3.05) is 5.88 Å². The fourth-order valence-electron chi connectivity index (χ4n) is 2.62. The summed E-state index contributed by atoms with van der Waals surface area (Å²) in [6.07, 6.45) is 2.45. The Hall–Kier alpha value is -1.88. The standard InChI is InChI=1S/C15H17ClN4O/c1-2-13-17-18-14-11-7-3-4-8-12(11)19(10-6-5-9-16)15(21)20(13)14/h3-4,7-8H,2,5-6,9-10H2,1H3. The van der Waals surface area contributed by atoms with E-state index in [0.29, 0.717) is 30.3 Å². The second-order valence-corrected chi connectivity index (χ2v) is 5.35. The van der Waals surface area contributed by atoms with Crippen molar-refractivity contribution in [1.29, 1.82) is 0 Å². The average molecular weight is 305 g/mol. The zero-order valence-electron chi connectivity index (χ0n) is 11.9. The number of unbranched alkanes of at least 4 members (excludes halogenated alkanes) is 1. The summed E-state index contributed by atoms with van der Waals surface area (Å²) in [6, 6.07) is 7.83.